The van der Waals surface area contributed by atoms with Crippen molar-refractivity contribution in [1.29, 1.82) is 0 Å². The molecule has 2 aliphatic rings. The monoisotopic (exact) mass is 498 g/mol. The van der Waals surface area contributed by atoms with Gasteiger partial charge in [0.25, 0.3) is 11.2 Å². The molecule has 1 aromatic carbocycles. The molecule has 34 heavy (non-hydrogen) atoms. The smallest absolute Gasteiger partial charge is 0.292 e. The lowest BCUT2D eigenvalue weighted by atomic mass is 9.97. The van der Waals surface area contributed by atoms with E-state index in [0.717, 1.165) is 61.6 Å². The van der Waals surface area contributed by atoms with Gasteiger partial charge in [-0.1, -0.05) is 36.7 Å². The van der Waals surface area contributed by atoms with E-state index in [1.54, 1.807) is 30.4 Å². The highest BCUT2D eigenvalue weighted by molar-refractivity contribution is 8.00. The molecule has 1 saturated carbocycles. The van der Waals surface area contributed by atoms with Gasteiger partial charge in [-0.15, -0.1) is 11.3 Å². The second kappa shape index (κ2) is 9.50. The van der Waals surface area contributed by atoms with Crippen LogP contribution < -0.4 is 10.9 Å². The molecule has 2 heterocycles. The summed E-state index contributed by atoms with van der Waals surface area (Å²) >= 11 is 2.86. The normalized spacial score (nSPS) is 17.0. The quantitative estimate of drug-likeness (QED) is 0.209. The van der Waals surface area contributed by atoms with Gasteiger partial charge in [0.2, 0.25) is 5.91 Å². The average Bonchev–Trinajstić information content (AvgIpc) is 3.47. The number of amides is 1. The molecule has 0 aliphatic heterocycles. The Kier molecular flexibility index (Phi) is 6.44. The molecule has 3 aromatic rings. The molecule has 2 aromatic heterocycles. The maximum Gasteiger partial charge on any atom is 0.292 e. The summed E-state index contributed by atoms with van der Waals surface area (Å²) in [5, 5.41) is 14.7. The number of nitro groups is 1. The van der Waals surface area contributed by atoms with E-state index in [9.17, 15) is 19.7 Å². The molecular weight excluding hydrogens is 472 g/mol. The maximum atomic E-state index is 13.8. The summed E-state index contributed by atoms with van der Waals surface area (Å²) in [6, 6.07) is 6.18. The van der Waals surface area contributed by atoms with E-state index in [1.165, 1.54) is 34.3 Å². The number of nitrogens with one attached hydrogen (secondary N) is 1. The van der Waals surface area contributed by atoms with Gasteiger partial charge >= 0.3 is 0 Å². The fourth-order valence-electron chi connectivity index (χ4n) is 4.95. The van der Waals surface area contributed by atoms with Crippen LogP contribution in [-0.2, 0) is 17.6 Å². The first kappa shape index (κ1) is 23.0. The molecule has 0 bridgehead atoms. The Bertz CT molecular complexity index is 1330. The van der Waals surface area contributed by atoms with E-state index < -0.39 is 10.2 Å². The first-order valence-electron chi connectivity index (χ1n) is 11.7. The molecule has 1 amide bonds. The lowest BCUT2D eigenvalue weighted by Crippen LogP contribution is -2.29. The largest absolute Gasteiger partial charge is 0.319 e. The predicted octanol–water partition coefficient (Wildman–Crippen LogP) is 5.48. The van der Waals surface area contributed by atoms with Crippen LogP contribution >= 0.6 is 23.1 Å². The standard InChI is InChI=1S/C24H26N4O4S2/c1-14(21(29)25-17-11-5-6-12-18(17)28(31)32)33-24-26-22-20(16-10-4-7-13-19(16)34-22)23(30)27(24)15-8-2-3-9-15/h5-6,11-12,14-15H,2-4,7-10,13H2,1H3,(H,25,29). The number of nitrogens with zero attached hydrogens (tertiary/aromatic N) is 3. The molecule has 8 nitrogen and oxygen atoms in total. The average molecular weight is 499 g/mol. The van der Waals surface area contributed by atoms with Gasteiger partial charge in [0.05, 0.1) is 15.6 Å². The molecule has 0 radical (unpaired) electrons. The minimum absolute atomic E-state index is 0.0186. The van der Waals surface area contributed by atoms with Gasteiger partial charge in [-0.05, 0) is 57.1 Å². The number of benzene rings is 1. The van der Waals surface area contributed by atoms with Crippen LogP contribution in [0.2, 0.25) is 0 Å². The molecule has 2 aliphatic carbocycles. The number of nitro benzene ring substituents is 1. The van der Waals surface area contributed by atoms with Gasteiger partial charge in [0.15, 0.2) is 5.16 Å². The fourth-order valence-corrected chi connectivity index (χ4v) is 7.23. The van der Waals surface area contributed by atoms with E-state index >= 15 is 0 Å². The molecule has 1 fully saturated rings. The van der Waals surface area contributed by atoms with E-state index in [0.29, 0.717) is 5.16 Å². The summed E-state index contributed by atoms with van der Waals surface area (Å²) in [7, 11) is 0. The second-order valence-corrected chi connectivity index (χ2v) is 11.3. The first-order chi connectivity index (χ1) is 16.4. The Hall–Kier alpha value is -2.72. The highest BCUT2D eigenvalue weighted by atomic mass is 32.2. The molecule has 1 atom stereocenters. The molecule has 0 spiro atoms. The number of carbonyl (C=O) groups excluding carboxylic acids is 1. The lowest BCUT2D eigenvalue weighted by molar-refractivity contribution is -0.383. The van der Waals surface area contributed by atoms with Crippen molar-refractivity contribution < 1.29 is 9.72 Å². The number of thiophene rings is 1. The Morgan fingerprint density at radius 3 is 2.74 bits per heavy atom. The van der Waals surface area contributed by atoms with Gasteiger partial charge in [-0.25, -0.2) is 4.98 Å². The molecular formula is C24H26N4O4S2. The molecule has 1 unspecified atom stereocenters. The van der Waals surface area contributed by atoms with Crippen LogP contribution in [0.25, 0.3) is 10.2 Å². The number of hydrogen-bond donors (Lipinski definition) is 1. The number of rotatable bonds is 6. The SMILES string of the molecule is CC(Sc1nc2sc3c(c2c(=O)n1C1CCCC1)CCCC3)C(=O)Nc1ccccc1[N+](=O)[O-]. The molecule has 0 saturated heterocycles. The summed E-state index contributed by atoms with van der Waals surface area (Å²) in [5.74, 6) is -0.364. The van der Waals surface area contributed by atoms with Crippen molar-refractivity contribution in [3.63, 3.8) is 0 Å². The topological polar surface area (TPSA) is 107 Å². The molecule has 178 valence electrons. The number of thioether (sulfide) groups is 1. The van der Waals surface area contributed by atoms with Crippen LogP contribution in [0.15, 0.2) is 34.2 Å². The fraction of sp³-hybridized carbons (Fsp3) is 0.458. The summed E-state index contributed by atoms with van der Waals surface area (Å²) in [5.41, 5.74) is 1.20. The van der Waals surface area contributed by atoms with Crippen LogP contribution in [0.4, 0.5) is 11.4 Å². The zero-order valence-electron chi connectivity index (χ0n) is 18.9. The molecule has 5 rings (SSSR count). The third-order valence-corrected chi connectivity index (χ3v) is 8.94. The third kappa shape index (κ3) is 4.24. The second-order valence-electron chi connectivity index (χ2n) is 8.92. The number of anilines is 1. The van der Waals surface area contributed by atoms with Crippen molar-refractivity contribution in [2.24, 2.45) is 0 Å². The van der Waals surface area contributed by atoms with Crippen LogP contribution in [0.1, 0.15) is 61.9 Å². The van der Waals surface area contributed by atoms with Gasteiger partial charge < -0.3 is 5.32 Å². The summed E-state index contributed by atoms with van der Waals surface area (Å²) in [6.45, 7) is 1.74. The zero-order chi connectivity index (χ0) is 23.8. The van der Waals surface area contributed by atoms with E-state index in [1.807, 2.05) is 4.57 Å². The Morgan fingerprint density at radius 1 is 1.24 bits per heavy atom. The predicted molar refractivity (Wildman–Crippen MR) is 135 cm³/mol. The number of fused-ring (bicyclic) bond motifs is 3. The summed E-state index contributed by atoms with van der Waals surface area (Å²) in [4.78, 5) is 44.5. The number of aryl methyl sites for hydroxylation is 2. The minimum atomic E-state index is -0.591. The van der Waals surface area contributed by atoms with Gasteiger partial charge in [-0.2, -0.15) is 0 Å². The van der Waals surface area contributed by atoms with Crippen LogP contribution in [-0.4, -0.2) is 25.6 Å². The van der Waals surface area contributed by atoms with Crippen molar-refractivity contribution in [3.8, 4) is 0 Å². The highest BCUT2D eigenvalue weighted by Gasteiger charge is 2.29. The van der Waals surface area contributed by atoms with Crippen LogP contribution in [0.5, 0.6) is 0 Å². The van der Waals surface area contributed by atoms with Gasteiger partial charge in [-0.3, -0.25) is 24.3 Å². The number of para-hydroxylation sites is 2. The van der Waals surface area contributed by atoms with Crippen molar-refractivity contribution in [2.75, 3.05) is 5.32 Å². The Morgan fingerprint density at radius 2 is 1.97 bits per heavy atom. The van der Waals surface area contributed by atoms with E-state index in [4.69, 9.17) is 4.98 Å². The number of hydrogen-bond acceptors (Lipinski definition) is 7. The summed E-state index contributed by atoms with van der Waals surface area (Å²) in [6.07, 6.45) is 8.19. The van der Waals surface area contributed by atoms with E-state index in [-0.39, 0.29) is 28.9 Å². The van der Waals surface area contributed by atoms with Gasteiger partial charge in [0.1, 0.15) is 10.5 Å². The Labute approximate surface area is 204 Å². The van der Waals surface area contributed by atoms with Crippen LogP contribution in [0.3, 0.4) is 0 Å². The minimum Gasteiger partial charge on any atom is -0.319 e. The summed E-state index contributed by atoms with van der Waals surface area (Å²) < 4.78 is 1.83. The van der Waals surface area contributed by atoms with Crippen molar-refractivity contribution in [2.45, 2.75) is 74.7 Å². The van der Waals surface area contributed by atoms with Crippen molar-refractivity contribution >= 4 is 50.6 Å². The van der Waals surface area contributed by atoms with Crippen LogP contribution in [0, 0.1) is 10.1 Å². The third-order valence-electron chi connectivity index (χ3n) is 6.69. The van der Waals surface area contributed by atoms with Crippen molar-refractivity contribution in [3.05, 3.63) is 55.2 Å². The van der Waals surface area contributed by atoms with Gasteiger partial charge in [0, 0.05) is 17.0 Å². The number of carbonyl (C=O) groups is 1. The molecule has 10 heteroatoms. The lowest BCUT2D eigenvalue weighted by Gasteiger charge is -2.20. The number of aromatic nitrogens is 2. The zero-order valence-corrected chi connectivity index (χ0v) is 20.5. The highest BCUT2D eigenvalue weighted by Crippen LogP contribution is 2.38. The first-order valence-corrected chi connectivity index (χ1v) is 13.4. The molecule has 1 N–H and O–H groups in total. The Balaban J connectivity index is 1.49. The van der Waals surface area contributed by atoms with E-state index in [2.05, 4.69) is 5.32 Å². The van der Waals surface area contributed by atoms with Crippen molar-refractivity contribution in [1.82, 2.24) is 9.55 Å². The maximum absolute atomic E-state index is 13.8.